The molecule has 1 saturated carbocycles. The number of piperidine rings is 1. The molecule has 0 bridgehead atoms. The number of carbonyl (C=O) groups excluding carboxylic acids is 1. The van der Waals surface area contributed by atoms with Crippen LogP contribution in [-0.4, -0.2) is 55.7 Å². The molecule has 2 fully saturated rings. The van der Waals surface area contributed by atoms with Crippen LogP contribution in [0.4, 0.5) is 5.82 Å². The molecule has 0 N–H and O–H groups in total. The van der Waals surface area contributed by atoms with Gasteiger partial charge in [-0.15, -0.1) is 0 Å². The van der Waals surface area contributed by atoms with E-state index in [1.54, 1.807) is 6.33 Å². The molecule has 152 valence electrons. The average Bonchev–Trinajstić information content (AvgIpc) is 2.80. The van der Waals surface area contributed by atoms with Crippen molar-refractivity contribution < 1.29 is 4.79 Å². The second-order valence-corrected chi connectivity index (χ2v) is 9.15. The zero-order valence-corrected chi connectivity index (χ0v) is 18.8. The van der Waals surface area contributed by atoms with E-state index in [0.717, 1.165) is 45.7 Å². The van der Waals surface area contributed by atoms with E-state index >= 15 is 0 Å². The number of anilines is 1. The third kappa shape index (κ3) is 3.85. The molecule has 7 heteroatoms. The van der Waals surface area contributed by atoms with Gasteiger partial charge in [0.25, 0.3) is 0 Å². The first-order valence-corrected chi connectivity index (χ1v) is 11.7. The van der Waals surface area contributed by atoms with Gasteiger partial charge in [-0.05, 0) is 0 Å². The van der Waals surface area contributed by atoms with Crippen molar-refractivity contribution in [2.24, 2.45) is 0 Å². The number of ketones is 1. The van der Waals surface area contributed by atoms with Crippen LogP contribution in [0.25, 0.3) is 22.3 Å². The van der Waals surface area contributed by atoms with E-state index in [1.807, 2.05) is 12.3 Å². The van der Waals surface area contributed by atoms with Gasteiger partial charge in [0.15, 0.2) is 0 Å². The molecule has 5 rings (SSSR count). The van der Waals surface area contributed by atoms with Gasteiger partial charge in [0.05, 0.1) is 0 Å². The summed E-state index contributed by atoms with van der Waals surface area (Å²) in [5.41, 5.74) is 4.00. The predicted octanol–water partition coefficient (Wildman–Crippen LogP) is 3.10. The first-order chi connectivity index (χ1) is 14.7. The summed E-state index contributed by atoms with van der Waals surface area (Å²) in [7, 11) is 0. The van der Waals surface area contributed by atoms with Gasteiger partial charge in [0, 0.05) is 0 Å². The van der Waals surface area contributed by atoms with E-state index in [1.165, 1.54) is 37.7 Å². The summed E-state index contributed by atoms with van der Waals surface area (Å²) in [6.45, 7) is 1.50. The predicted molar refractivity (Wildman–Crippen MR) is 118 cm³/mol. The Morgan fingerprint density at radius 1 is 1.00 bits per heavy atom. The molecule has 30 heavy (non-hydrogen) atoms. The van der Waals surface area contributed by atoms with Crippen molar-refractivity contribution in [3.05, 3.63) is 36.3 Å². The third-order valence-electron chi connectivity index (χ3n) is 6.35. The number of aromatic nitrogens is 4. The zero-order chi connectivity index (χ0) is 20.5. The fraction of sp³-hybridized carbons (Fsp3) is 0.435. The Morgan fingerprint density at radius 2 is 1.80 bits per heavy atom. The van der Waals surface area contributed by atoms with Crippen LogP contribution in [0, 0.1) is 0 Å². The second-order valence-electron chi connectivity index (χ2n) is 8.26. The van der Waals surface area contributed by atoms with Gasteiger partial charge in [-0.1, -0.05) is 0 Å². The normalized spacial score (nSPS) is 18.2. The van der Waals surface area contributed by atoms with Crippen molar-refractivity contribution in [2.75, 3.05) is 18.0 Å². The molecule has 1 aliphatic heterocycles. The van der Waals surface area contributed by atoms with Gasteiger partial charge in [0.1, 0.15) is 5.78 Å². The second kappa shape index (κ2) is 8.42. The maximum absolute atomic E-state index is 11.5. The Morgan fingerprint density at radius 3 is 2.53 bits per heavy atom. The van der Waals surface area contributed by atoms with E-state index in [0.29, 0.717) is 24.5 Å². The van der Waals surface area contributed by atoms with E-state index < -0.39 is 0 Å². The monoisotopic (exact) mass is 461 g/mol. The Bertz CT molecular complexity index is 1070. The van der Waals surface area contributed by atoms with Gasteiger partial charge in [0.2, 0.25) is 0 Å². The quantitative estimate of drug-likeness (QED) is 0.559. The number of carbonyl (C=O) groups is 1. The summed E-state index contributed by atoms with van der Waals surface area (Å²) >= 11 is 2.58. The van der Waals surface area contributed by atoms with Crippen LogP contribution in [0.3, 0.4) is 0 Å². The first-order valence-electron chi connectivity index (χ1n) is 10.8. The molecule has 0 amide bonds. The van der Waals surface area contributed by atoms with Gasteiger partial charge in [-0.3, -0.25) is 4.79 Å². The van der Waals surface area contributed by atoms with E-state index in [4.69, 9.17) is 4.98 Å². The van der Waals surface area contributed by atoms with Crippen molar-refractivity contribution in [3.8, 4) is 11.3 Å². The van der Waals surface area contributed by atoms with Crippen LogP contribution in [0.15, 0.2) is 30.7 Å². The van der Waals surface area contributed by atoms with Crippen LogP contribution < -0.4 is 9.38 Å². The maximum atomic E-state index is 11.5. The summed E-state index contributed by atoms with van der Waals surface area (Å²) < 4.78 is 0.945. The van der Waals surface area contributed by atoms with Crippen molar-refractivity contribution in [1.29, 1.82) is 0 Å². The Labute approximate surface area is 185 Å². The SMILES string of the molecule is O=C1CCN(c2ccc(-c3cc(C4CCCCC4)c4c([As])ncnc4n3)cn2)CC1. The van der Waals surface area contributed by atoms with E-state index in [-0.39, 0.29) is 0 Å². The topological polar surface area (TPSA) is 71.9 Å². The summed E-state index contributed by atoms with van der Waals surface area (Å²) in [5.74, 6) is 1.81. The van der Waals surface area contributed by atoms with Crippen LogP contribution in [-0.2, 0) is 4.79 Å². The van der Waals surface area contributed by atoms with E-state index in [2.05, 4.69) is 48.8 Å². The number of fused-ring (bicyclic) bond motifs is 1. The standard InChI is InChI=1S/C23H24AsN5O/c24-22-21-18(15-4-2-1-3-5-15)12-19(28-23(21)27-14-26-22)16-6-7-20(25-13-16)29-10-8-17(30)9-11-29/h6-7,12-15H,1-5,8-11H2. The van der Waals surface area contributed by atoms with Gasteiger partial charge >= 0.3 is 175 Å². The molecule has 0 unspecified atom stereocenters. The molecule has 0 atom stereocenters. The fourth-order valence-corrected chi connectivity index (χ4v) is 5.26. The molecule has 0 aromatic carbocycles. The number of hydrogen-bond donors (Lipinski definition) is 0. The summed E-state index contributed by atoms with van der Waals surface area (Å²) in [6.07, 6.45) is 11.0. The molecule has 2 aliphatic rings. The number of hydrogen-bond acceptors (Lipinski definition) is 6. The minimum absolute atomic E-state index is 0.342. The first kappa shape index (κ1) is 19.6. The molecule has 2 radical (unpaired) electrons. The number of nitrogens with zero attached hydrogens (tertiary/aromatic N) is 5. The molecular weight excluding hydrogens is 437 g/mol. The molecular formula is C23H24AsN5O. The minimum atomic E-state index is 0.342. The zero-order valence-electron chi connectivity index (χ0n) is 16.9. The van der Waals surface area contributed by atoms with Crippen molar-refractivity contribution >= 4 is 44.0 Å². The summed E-state index contributed by atoms with van der Waals surface area (Å²) in [4.78, 5) is 32.1. The molecule has 3 aromatic heterocycles. The van der Waals surface area contributed by atoms with Gasteiger partial charge in [-0.2, -0.15) is 0 Å². The third-order valence-corrected chi connectivity index (χ3v) is 7.06. The molecule has 4 heterocycles. The molecule has 3 aromatic rings. The van der Waals surface area contributed by atoms with E-state index in [9.17, 15) is 4.79 Å². The number of pyridine rings is 2. The molecule has 6 nitrogen and oxygen atoms in total. The Balaban J connectivity index is 1.52. The van der Waals surface area contributed by atoms with Gasteiger partial charge < -0.3 is 0 Å². The number of rotatable bonds is 3. The fourth-order valence-electron chi connectivity index (χ4n) is 4.67. The van der Waals surface area contributed by atoms with Crippen molar-refractivity contribution in [2.45, 2.75) is 50.9 Å². The molecule has 0 spiro atoms. The Kier molecular flexibility index (Phi) is 5.51. The Hall–Kier alpha value is -2.33. The van der Waals surface area contributed by atoms with Crippen LogP contribution >= 0.6 is 0 Å². The summed E-state index contributed by atoms with van der Waals surface area (Å²) in [5, 5.41) is 1.09. The summed E-state index contributed by atoms with van der Waals surface area (Å²) in [6, 6.07) is 6.36. The molecule has 1 aliphatic carbocycles. The number of Topliss-reactive ketones (excluding diaryl/α,β-unsaturated/α-hetero) is 1. The van der Waals surface area contributed by atoms with Gasteiger partial charge in [-0.25, -0.2) is 0 Å². The van der Waals surface area contributed by atoms with Crippen LogP contribution in [0.1, 0.15) is 56.4 Å². The van der Waals surface area contributed by atoms with Crippen LogP contribution in [0.2, 0.25) is 0 Å². The van der Waals surface area contributed by atoms with Crippen molar-refractivity contribution in [1.82, 2.24) is 19.9 Å². The molecule has 1 saturated heterocycles. The van der Waals surface area contributed by atoms with Crippen LogP contribution in [0.5, 0.6) is 0 Å². The average molecular weight is 461 g/mol. The van der Waals surface area contributed by atoms with Crippen molar-refractivity contribution in [3.63, 3.8) is 0 Å².